The fraction of sp³-hybridized carbons (Fsp3) is 0.364. The third-order valence-electron chi connectivity index (χ3n) is 2.15. The summed E-state index contributed by atoms with van der Waals surface area (Å²) in [7, 11) is 0. The number of rotatable bonds is 7. The van der Waals surface area contributed by atoms with E-state index in [0.717, 1.165) is 12.1 Å². The average Bonchev–Trinajstić information content (AvgIpc) is 2.35. The number of carboxylic acid groups (broad SMARTS) is 1. The van der Waals surface area contributed by atoms with E-state index in [1.165, 1.54) is 0 Å². The van der Waals surface area contributed by atoms with Gasteiger partial charge in [-0.2, -0.15) is 0 Å². The third-order valence-corrected chi connectivity index (χ3v) is 2.15. The van der Waals surface area contributed by atoms with E-state index in [-0.39, 0.29) is 12.4 Å². The fourth-order valence-electron chi connectivity index (χ4n) is 1.31. The van der Waals surface area contributed by atoms with Crippen molar-refractivity contribution in [3.63, 3.8) is 0 Å². The third kappa shape index (κ3) is 4.18. The van der Waals surface area contributed by atoms with Gasteiger partial charge in [-0.25, -0.2) is 9.18 Å². The standard InChI is InChI=1S/C11H12FNO6/c1-2-18-10(11(14)15)6-19-9-4-3-7(12)5-8(9)13(16)17/h3-5,10H,2,6H2,1H3,(H,14,15). The van der Waals surface area contributed by atoms with Crippen molar-refractivity contribution < 1.29 is 28.7 Å². The van der Waals surface area contributed by atoms with Crippen LogP contribution in [0.25, 0.3) is 0 Å². The van der Waals surface area contributed by atoms with Gasteiger partial charge in [0.05, 0.1) is 11.0 Å². The molecule has 1 N–H and O–H groups in total. The minimum absolute atomic E-state index is 0.159. The van der Waals surface area contributed by atoms with E-state index in [1.807, 2.05) is 0 Å². The molecule has 0 spiro atoms. The first-order valence-electron chi connectivity index (χ1n) is 5.36. The Morgan fingerprint density at radius 2 is 2.26 bits per heavy atom. The van der Waals surface area contributed by atoms with Crippen LogP contribution in [-0.4, -0.2) is 35.3 Å². The smallest absolute Gasteiger partial charge is 0.336 e. The van der Waals surface area contributed by atoms with Gasteiger partial charge < -0.3 is 14.6 Å². The normalized spacial score (nSPS) is 11.9. The van der Waals surface area contributed by atoms with Gasteiger partial charge in [0.25, 0.3) is 0 Å². The Hall–Kier alpha value is -2.22. The second-order valence-electron chi connectivity index (χ2n) is 3.46. The Kier molecular flexibility index (Phi) is 5.19. The van der Waals surface area contributed by atoms with Crippen molar-refractivity contribution >= 4 is 11.7 Å². The molecular formula is C11H12FNO6. The lowest BCUT2D eigenvalue weighted by Gasteiger charge is -2.13. The van der Waals surface area contributed by atoms with E-state index in [9.17, 15) is 19.3 Å². The van der Waals surface area contributed by atoms with Gasteiger partial charge in [-0.15, -0.1) is 0 Å². The first-order chi connectivity index (χ1) is 8.95. The van der Waals surface area contributed by atoms with Crippen LogP contribution in [0.1, 0.15) is 6.92 Å². The van der Waals surface area contributed by atoms with Gasteiger partial charge in [0.2, 0.25) is 0 Å². The maximum atomic E-state index is 12.9. The van der Waals surface area contributed by atoms with Crippen LogP contribution in [0.15, 0.2) is 18.2 Å². The van der Waals surface area contributed by atoms with E-state index in [0.29, 0.717) is 6.07 Å². The molecule has 1 rings (SSSR count). The minimum atomic E-state index is -1.24. The molecule has 0 aliphatic heterocycles. The minimum Gasteiger partial charge on any atom is -0.483 e. The molecular weight excluding hydrogens is 261 g/mol. The number of hydrogen-bond donors (Lipinski definition) is 1. The van der Waals surface area contributed by atoms with Gasteiger partial charge >= 0.3 is 11.7 Å². The van der Waals surface area contributed by atoms with Crippen molar-refractivity contribution in [2.24, 2.45) is 0 Å². The van der Waals surface area contributed by atoms with E-state index < -0.39 is 35.1 Å². The molecule has 104 valence electrons. The van der Waals surface area contributed by atoms with Gasteiger partial charge in [-0.3, -0.25) is 10.1 Å². The van der Waals surface area contributed by atoms with Gasteiger partial charge in [0.15, 0.2) is 11.9 Å². The summed E-state index contributed by atoms with van der Waals surface area (Å²) < 4.78 is 22.8. The van der Waals surface area contributed by atoms with Crippen molar-refractivity contribution in [2.75, 3.05) is 13.2 Å². The zero-order chi connectivity index (χ0) is 14.4. The molecule has 19 heavy (non-hydrogen) atoms. The largest absolute Gasteiger partial charge is 0.483 e. The van der Waals surface area contributed by atoms with Crippen LogP contribution in [0.4, 0.5) is 10.1 Å². The molecule has 0 bridgehead atoms. The van der Waals surface area contributed by atoms with Crippen LogP contribution < -0.4 is 4.74 Å². The Balaban J connectivity index is 2.82. The molecule has 1 aromatic rings. The fourth-order valence-corrected chi connectivity index (χ4v) is 1.31. The molecule has 0 fully saturated rings. The second kappa shape index (κ2) is 6.64. The summed E-state index contributed by atoms with van der Waals surface area (Å²) in [5.41, 5.74) is -0.569. The summed E-state index contributed by atoms with van der Waals surface area (Å²) in [6, 6.07) is 2.75. The number of nitro groups is 1. The van der Waals surface area contributed by atoms with E-state index in [1.54, 1.807) is 6.92 Å². The monoisotopic (exact) mass is 273 g/mol. The molecule has 0 aromatic heterocycles. The van der Waals surface area contributed by atoms with E-state index in [4.69, 9.17) is 14.6 Å². The Bertz CT molecular complexity index is 478. The summed E-state index contributed by atoms with van der Waals surface area (Å²) in [4.78, 5) is 20.7. The molecule has 1 atom stereocenters. The van der Waals surface area contributed by atoms with E-state index >= 15 is 0 Å². The van der Waals surface area contributed by atoms with Crippen molar-refractivity contribution in [1.82, 2.24) is 0 Å². The number of ether oxygens (including phenoxy) is 2. The van der Waals surface area contributed by atoms with Crippen LogP contribution in [-0.2, 0) is 9.53 Å². The van der Waals surface area contributed by atoms with Gasteiger partial charge in [-0.05, 0) is 19.1 Å². The molecule has 0 saturated carbocycles. The highest BCUT2D eigenvalue weighted by Crippen LogP contribution is 2.27. The number of halogens is 1. The second-order valence-corrected chi connectivity index (χ2v) is 3.46. The summed E-state index contributed by atoms with van der Waals surface area (Å²) in [5, 5.41) is 19.5. The number of nitro benzene ring substituents is 1. The molecule has 1 unspecified atom stereocenters. The zero-order valence-corrected chi connectivity index (χ0v) is 10.0. The Morgan fingerprint density at radius 3 is 2.79 bits per heavy atom. The SMILES string of the molecule is CCOC(COc1ccc(F)cc1[N+](=O)[O-])C(=O)O. The topological polar surface area (TPSA) is 98.9 Å². The summed E-state index contributed by atoms with van der Waals surface area (Å²) in [6.45, 7) is 1.36. The first kappa shape index (κ1) is 14.8. The van der Waals surface area contributed by atoms with Crippen molar-refractivity contribution in [3.8, 4) is 5.75 Å². The number of aliphatic carboxylic acids is 1. The van der Waals surface area contributed by atoms with Crippen molar-refractivity contribution in [1.29, 1.82) is 0 Å². The molecule has 7 nitrogen and oxygen atoms in total. The highest BCUT2D eigenvalue weighted by molar-refractivity contribution is 5.72. The lowest BCUT2D eigenvalue weighted by Crippen LogP contribution is -2.30. The van der Waals surface area contributed by atoms with Gasteiger partial charge in [0, 0.05) is 6.61 Å². The number of carbonyl (C=O) groups is 1. The quantitative estimate of drug-likeness (QED) is 0.598. The van der Waals surface area contributed by atoms with Crippen LogP contribution in [0, 0.1) is 15.9 Å². The van der Waals surface area contributed by atoms with Crippen LogP contribution in [0.3, 0.4) is 0 Å². The molecule has 0 saturated heterocycles. The molecule has 0 radical (unpaired) electrons. The summed E-state index contributed by atoms with van der Waals surface area (Å²) >= 11 is 0. The maximum Gasteiger partial charge on any atom is 0.336 e. The maximum absolute atomic E-state index is 12.9. The van der Waals surface area contributed by atoms with Crippen molar-refractivity contribution in [2.45, 2.75) is 13.0 Å². The van der Waals surface area contributed by atoms with Crippen molar-refractivity contribution in [3.05, 3.63) is 34.1 Å². The molecule has 0 amide bonds. The summed E-state index contributed by atoms with van der Waals surface area (Å²) in [5.74, 6) is -2.23. The Morgan fingerprint density at radius 1 is 1.58 bits per heavy atom. The van der Waals surface area contributed by atoms with Crippen LogP contribution >= 0.6 is 0 Å². The number of carboxylic acids is 1. The van der Waals surface area contributed by atoms with Gasteiger partial charge in [0.1, 0.15) is 12.4 Å². The highest BCUT2D eigenvalue weighted by atomic mass is 19.1. The zero-order valence-electron chi connectivity index (χ0n) is 10.0. The average molecular weight is 273 g/mol. The molecule has 0 aliphatic rings. The first-order valence-corrected chi connectivity index (χ1v) is 5.36. The number of benzene rings is 1. The van der Waals surface area contributed by atoms with Crippen LogP contribution in [0.5, 0.6) is 5.75 Å². The predicted octanol–water partition coefficient (Wildman–Crippen LogP) is 1.60. The molecule has 1 aromatic carbocycles. The molecule has 8 heteroatoms. The van der Waals surface area contributed by atoms with E-state index in [2.05, 4.69) is 0 Å². The lowest BCUT2D eigenvalue weighted by atomic mass is 10.3. The number of hydrogen-bond acceptors (Lipinski definition) is 5. The predicted molar refractivity (Wildman–Crippen MR) is 61.6 cm³/mol. The summed E-state index contributed by atoms with van der Waals surface area (Å²) in [6.07, 6.45) is -1.24. The molecule has 0 aliphatic carbocycles. The van der Waals surface area contributed by atoms with Gasteiger partial charge in [-0.1, -0.05) is 0 Å². The lowest BCUT2D eigenvalue weighted by molar-refractivity contribution is -0.386. The molecule has 0 heterocycles. The van der Waals surface area contributed by atoms with Crippen LogP contribution in [0.2, 0.25) is 0 Å². The number of nitrogens with zero attached hydrogens (tertiary/aromatic N) is 1. The highest BCUT2D eigenvalue weighted by Gasteiger charge is 2.22. The Labute approximate surface area is 107 Å².